The lowest BCUT2D eigenvalue weighted by Crippen LogP contribution is -2.57. The number of guanidine groups is 3. The van der Waals surface area contributed by atoms with E-state index in [0.717, 1.165) is 35.8 Å². The van der Waals surface area contributed by atoms with Crippen LogP contribution in [0.25, 0.3) is 0 Å². The van der Waals surface area contributed by atoms with E-state index in [2.05, 4.69) is 63.8 Å². The molecule has 1 aliphatic rings. The third-order valence-electron chi connectivity index (χ3n) is 15.2. The number of likely N-dealkylation sites (N-methyl/N-ethyl adjacent to an activating group) is 3. The lowest BCUT2D eigenvalue weighted by atomic mass is 10.0. The Hall–Kier alpha value is -12.5. The zero-order chi connectivity index (χ0) is 75.8. The zero-order valence-electron chi connectivity index (χ0n) is 56.0. The second-order valence-electron chi connectivity index (χ2n) is 23.4. The fourth-order valence-electron chi connectivity index (χ4n) is 10.2. The second-order valence-corrected chi connectivity index (χ2v) is 23.4. The average molecular weight is 1430 g/mol. The summed E-state index contributed by atoms with van der Waals surface area (Å²) in [6.45, 7) is -2.96. The summed E-state index contributed by atoms with van der Waals surface area (Å²) in [5.41, 5.74) is 16.5. The molecule has 1 fully saturated rings. The van der Waals surface area contributed by atoms with Gasteiger partial charge in [-0.25, -0.2) is 0 Å². The molecule has 0 radical (unpaired) electrons. The van der Waals surface area contributed by atoms with Gasteiger partial charge in [0.1, 0.15) is 54.4 Å². The van der Waals surface area contributed by atoms with E-state index in [1.54, 1.807) is 18.2 Å². The number of benzene rings is 3. The minimum atomic E-state index is -2.01. The van der Waals surface area contributed by atoms with E-state index < -0.39 is 200 Å². The van der Waals surface area contributed by atoms with Crippen molar-refractivity contribution in [2.24, 2.45) is 17.2 Å². The van der Waals surface area contributed by atoms with Crippen LogP contribution in [0.4, 0.5) is 0 Å². The van der Waals surface area contributed by atoms with Gasteiger partial charge in [-0.1, -0.05) is 91.0 Å². The van der Waals surface area contributed by atoms with Crippen molar-refractivity contribution in [1.29, 1.82) is 16.2 Å². The minimum Gasteiger partial charge on any atom is -0.481 e. The maximum atomic E-state index is 14.6. The number of rotatable bonds is 21. The minimum absolute atomic E-state index is 0.00758. The molecule has 24 N–H and O–H groups in total. The molecule has 0 unspecified atom stereocenters. The van der Waals surface area contributed by atoms with Crippen molar-refractivity contribution in [3.63, 3.8) is 0 Å². The Balaban J connectivity index is 1.89. The van der Waals surface area contributed by atoms with Crippen LogP contribution in [0.2, 0.25) is 0 Å². The molecule has 1 saturated heterocycles. The Morgan fingerprint density at radius 2 is 0.598 bits per heavy atom. The van der Waals surface area contributed by atoms with Crippen molar-refractivity contribution in [2.45, 2.75) is 112 Å². The Labute approximate surface area is 584 Å². The van der Waals surface area contributed by atoms with Crippen LogP contribution in [0.5, 0.6) is 0 Å². The summed E-state index contributed by atoms with van der Waals surface area (Å²) in [5.74, 6) is -20.0. The molecule has 0 bridgehead atoms. The molecule has 552 valence electrons. The number of nitrogens with two attached hydrogens (primary N) is 3. The molecule has 0 aliphatic carbocycles. The van der Waals surface area contributed by atoms with Crippen molar-refractivity contribution in [3.05, 3.63) is 108 Å². The van der Waals surface area contributed by atoms with Crippen molar-refractivity contribution >= 4 is 107 Å². The maximum absolute atomic E-state index is 14.6. The Morgan fingerprint density at radius 1 is 0.373 bits per heavy atom. The molecule has 12 amide bonds. The van der Waals surface area contributed by atoms with E-state index in [9.17, 15) is 87.2 Å². The SMILES string of the molecule is CN1CC(=O)N[C@@H](CC(=O)O)C(=O)N[C@@H](c2ccccc2)C(=O)N[C@@H](CCCNC(=N)N)C(=O)N(C)CC(=O)N[C@@H](CC(=O)O)C(=O)N[C@@H](c2ccccc2)C(=O)N[C@@H](CCCNC(=N)N)C(=O)N(C)CC(=O)N[C@@H](CC(=O)O)C(=O)N[C@@H](c2ccccc2)C(=O)N[C@@H](CCCNC(=N)N)C1=O. The molecule has 9 atom stereocenters. The molecule has 1 aliphatic heterocycles. The molecule has 0 saturated carbocycles. The van der Waals surface area contributed by atoms with Crippen LogP contribution in [0.15, 0.2) is 91.0 Å². The summed E-state index contributed by atoms with van der Waals surface area (Å²) >= 11 is 0. The highest BCUT2D eigenvalue weighted by atomic mass is 16.4. The molecule has 0 aromatic heterocycles. The number of carbonyl (C=O) groups excluding carboxylic acids is 12. The standard InChI is InChI=1S/C63H87N21O18/c1-82-31-43(85)73-40(28-46(88)89)52(94)80-50(35-18-9-5-10-19-35)56(98)77-38(23-14-26-71-62(66)67)59(101)84(3)33-45(87)75-42(30-48(92)93)54(96)81-51(36-20-11-6-12-21-36)57(99)78-39(24-15-27-72-63(68)69)60(102)83(2)32-44(86)74-41(29-47(90)91)53(95)79-49(34-16-7-4-8-17-34)55(97)76-37(58(82)100)22-13-25-70-61(64)65/h4-12,16-21,37-42,49-51H,13-15,22-33H2,1-3H3,(H,73,85)(H,74,86)(H,75,87)(H,76,97)(H,77,98)(H,78,99)(H,79,95)(H,80,94)(H,81,96)(H,88,89)(H,90,91)(H,92,93)(H4,64,65,70)(H4,66,67,71)(H4,68,69,72)/t37-,38-,39-,40-,41-,42-,49-,50-,51-/m0/s1. The van der Waals surface area contributed by atoms with Gasteiger partial charge in [-0.05, 0) is 55.2 Å². The van der Waals surface area contributed by atoms with Crippen LogP contribution >= 0.6 is 0 Å². The first-order chi connectivity index (χ1) is 48.2. The number of nitrogens with one attached hydrogen (secondary N) is 15. The van der Waals surface area contributed by atoms with E-state index in [1.165, 1.54) is 72.8 Å². The highest BCUT2D eigenvalue weighted by molar-refractivity contribution is 6.01. The molecule has 39 heteroatoms. The van der Waals surface area contributed by atoms with Gasteiger partial charge in [0.2, 0.25) is 70.9 Å². The number of carbonyl (C=O) groups is 15. The summed E-state index contributed by atoms with van der Waals surface area (Å²) in [7, 11) is 3.31. The molecule has 1 heterocycles. The van der Waals surface area contributed by atoms with Crippen LogP contribution in [0.1, 0.15) is 92.6 Å². The topological polar surface area (TPSA) is 620 Å². The van der Waals surface area contributed by atoms with E-state index in [-0.39, 0.29) is 74.8 Å². The van der Waals surface area contributed by atoms with Gasteiger partial charge in [0.25, 0.3) is 0 Å². The summed E-state index contributed by atoms with van der Waals surface area (Å²) in [5, 5.41) is 82.0. The van der Waals surface area contributed by atoms with Crippen LogP contribution < -0.4 is 81.0 Å². The van der Waals surface area contributed by atoms with Crippen molar-refractivity contribution in [3.8, 4) is 0 Å². The van der Waals surface area contributed by atoms with Crippen LogP contribution in [0, 0.1) is 16.2 Å². The molecule has 3 aromatic carbocycles. The predicted octanol–water partition coefficient (Wildman–Crippen LogP) is -5.93. The first kappa shape index (κ1) is 81.9. The highest BCUT2D eigenvalue weighted by Gasteiger charge is 2.38. The number of hydrogen-bond donors (Lipinski definition) is 21. The number of carboxylic acids is 3. The summed E-state index contributed by atoms with van der Waals surface area (Å²) < 4.78 is 0. The van der Waals surface area contributed by atoms with E-state index in [0.29, 0.717) is 0 Å². The molecule has 3 aromatic rings. The molecule has 4 rings (SSSR count). The Morgan fingerprint density at radius 3 is 0.804 bits per heavy atom. The smallest absolute Gasteiger partial charge is 0.305 e. The van der Waals surface area contributed by atoms with Gasteiger partial charge in [-0.15, -0.1) is 0 Å². The first-order valence-electron chi connectivity index (χ1n) is 31.7. The largest absolute Gasteiger partial charge is 0.481 e. The lowest BCUT2D eigenvalue weighted by Gasteiger charge is -2.29. The average Bonchev–Trinajstić information content (AvgIpc) is 0.845. The fourth-order valence-corrected chi connectivity index (χ4v) is 10.2. The molecular formula is C63H87N21O18. The number of amides is 12. The van der Waals surface area contributed by atoms with Crippen LogP contribution in [0.3, 0.4) is 0 Å². The summed E-state index contributed by atoms with van der Waals surface area (Å²) in [6.07, 6.45) is -4.21. The predicted molar refractivity (Wildman–Crippen MR) is 361 cm³/mol. The van der Waals surface area contributed by atoms with Gasteiger partial charge in [0.15, 0.2) is 17.9 Å². The number of carboxylic acid groups (broad SMARTS) is 3. The molecular weight excluding hydrogens is 1340 g/mol. The monoisotopic (exact) mass is 1430 g/mol. The van der Waals surface area contributed by atoms with Crippen molar-refractivity contribution in [2.75, 3.05) is 60.4 Å². The van der Waals surface area contributed by atoms with Gasteiger partial charge in [-0.3, -0.25) is 88.1 Å². The van der Waals surface area contributed by atoms with Gasteiger partial charge in [-0.2, -0.15) is 0 Å². The quantitative estimate of drug-likeness (QED) is 0.0268. The third kappa shape index (κ3) is 28.2. The van der Waals surface area contributed by atoms with Crippen LogP contribution in [-0.2, 0) is 71.9 Å². The number of hydrogen-bond acceptors (Lipinski definition) is 18. The van der Waals surface area contributed by atoms with Gasteiger partial charge in [0.05, 0.1) is 38.9 Å². The summed E-state index contributed by atoms with van der Waals surface area (Å²) in [6, 6.07) is 5.49. The van der Waals surface area contributed by atoms with Gasteiger partial charge in [0, 0.05) is 40.8 Å². The first-order valence-corrected chi connectivity index (χ1v) is 31.7. The number of nitrogens with zero attached hydrogens (tertiary/aromatic N) is 3. The van der Waals surface area contributed by atoms with E-state index in [1.807, 2.05) is 0 Å². The van der Waals surface area contributed by atoms with E-state index >= 15 is 0 Å². The van der Waals surface area contributed by atoms with Crippen LogP contribution in [-0.4, -0.2) is 233 Å². The fraction of sp³-hybridized carbons (Fsp3) is 0.429. The summed E-state index contributed by atoms with van der Waals surface area (Å²) in [4.78, 5) is 211. The third-order valence-corrected chi connectivity index (χ3v) is 15.2. The van der Waals surface area contributed by atoms with Gasteiger partial charge < -0.3 is 111 Å². The highest BCUT2D eigenvalue weighted by Crippen LogP contribution is 2.20. The maximum Gasteiger partial charge on any atom is 0.305 e. The number of aliphatic carboxylic acids is 3. The Kier molecular flexibility index (Phi) is 33.0. The molecule has 39 nitrogen and oxygen atoms in total. The molecule has 102 heavy (non-hydrogen) atoms. The molecule has 0 spiro atoms. The normalized spacial score (nSPS) is 21.9. The second kappa shape index (κ2) is 41.1. The zero-order valence-corrected chi connectivity index (χ0v) is 56.0. The Bertz CT molecular complexity index is 3180. The van der Waals surface area contributed by atoms with Gasteiger partial charge >= 0.3 is 17.9 Å². The van der Waals surface area contributed by atoms with Crippen molar-refractivity contribution in [1.82, 2.24) is 78.5 Å². The lowest BCUT2D eigenvalue weighted by molar-refractivity contribution is -0.143. The van der Waals surface area contributed by atoms with E-state index in [4.69, 9.17) is 33.4 Å². The van der Waals surface area contributed by atoms with Crippen molar-refractivity contribution < 1.29 is 87.2 Å².